The lowest BCUT2D eigenvalue weighted by molar-refractivity contribution is -0.141. The maximum Gasteiger partial charge on any atom is 0.247 e. The summed E-state index contributed by atoms with van der Waals surface area (Å²) in [5.74, 6) is 0.792. The van der Waals surface area contributed by atoms with Crippen LogP contribution in [0.15, 0.2) is 66.0 Å². The topological polar surface area (TPSA) is 67.9 Å². The number of nitrogens with zero attached hydrogens (tertiary/aromatic N) is 1. The number of carbonyl (C=O) groups excluding carboxylic acids is 2. The van der Waals surface area contributed by atoms with E-state index in [4.69, 9.17) is 9.47 Å². The van der Waals surface area contributed by atoms with Gasteiger partial charge in [0.25, 0.3) is 0 Å². The van der Waals surface area contributed by atoms with Gasteiger partial charge in [-0.05, 0) is 46.2 Å². The Labute approximate surface area is 211 Å². The van der Waals surface area contributed by atoms with Gasteiger partial charge in [0.05, 0.1) is 20.1 Å². The lowest BCUT2D eigenvalue weighted by Crippen LogP contribution is -2.45. The number of rotatable bonds is 12. The van der Waals surface area contributed by atoms with Gasteiger partial charge in [0.2, 0.25) is 11.8 Å². The van der Waals surface area contributed by atoms with Crippen molar-refractivity contribution in [2.75, 3.05) is 27.4 Å². The molecule has 1 atom stereocenters. The Kier molecular flexibility index (Phi) is 9.87. The largest absolute Gasteiger partial charge is 0.497 e. The Hall–Kier alpha value is -3.16. The number of methoxy groups -OCH3 is 2. The van der Waals surface area contributed by atoms with Gasteiger partial charge in [0.15, 0.2) is 0 Å². The van der Waals surface area contributed by atoms with Crippen LogP contribution in [0.5, 0.6) is 5.75 Å². The van der Waals surface area contributed by atoms with Crippen LogP contribution in [0.1, 0.15) is 47.4 Å². The van der Waals surface area contributed by atoms with Crippen molar-refractivity contribution in [1.29, 1.82) is 0 Å². The summed E-state index contributed by atoms with van der Waals surface area (Å²) in [7, 11) is 3.21. The second-order valence-electron chi connectivity index (χ2n) is 8.63. The molecule has 6 nitrogen and oxygen atoms in total. The molecule has 35 heavy (non-hydrogen) atoms. The highest BCUT2D eigenvalue weighted by Gasteiger charge is 2.31. The van der Waals surface area contributed by atoms with Crippen LogP contribution in [-0.4, -0.2) is 44.1 Å². The quantitative estimate of drug-likeness (QED) is 0.387. The predicted molar refractivity (Wildman–Crippen MR) is 140 cm³/mol. The zero-order valence-electron chi connectivity index (χ0n) is 20.8. The van der Waals surface area contributed by atoms with Crippen LogP contribution in [0.2, 0.25) is 0 Å². The third-order valence-corrected chi connectivity index (χ3v) is 6.74. The standard InChI is InChI=1S/C28H34N2O4S/c1-20(2)22-9-11-23(12-10-22)27(28(32)29-19-21-7-13-24(34-4)14-8-21)30(15-16-33-3)26(31)18-25-6-5-17-35-25/h5-14,17,20,27H,15-16,18-19H2,1-4H3,(H,29,32)/t27-/m1/s1. The van der Waals surface area contributed by atoms with Crippen LogP contribution in [0.25, 0.3) is 0 Å². The van der Waals surface area contributed by atoms with Crippen LogP contribution in [0.3, 0.4) is 0 Å². The molecule has 1 heterocycles. The lowest BCUT2D eigenvalue weighted by atomic mass is 9.97. The second kappa shape index (κ2) is 13.1. The molecule has 0 bridgehead atoms. The molecule has 186 valence electrons. The van der Waals surface area contributed by atoms with E-state index in [0.717, 1.165) is 21.8 Å². The Morgan fingerprint density at radius 3 is 2.23 bits per heavy atom. The highest BCUT2D eigenvalue weighted by atomic mass is 32.1. The molecule has 0 aliphatic heterocycles. The summed E-state index contributed by atoms with van der Waals surface area (Å²) >= 11 is 1.53. The lowest BCUT2D eigenvalue weighted by Gasteiger charge is -2.31. The van der Waals surface area contributed by atoms with Crippen molar-refractivity contribution in [2.45, 2.75) is 38.8 Å². The molecular formula is C28H34N2O4S. The molecule has 2 aromatic carbocycles. The van der Waals surface area contributed by atoms with E-state index < -0.39 is 6.04 Å². The van der Waals surface area contributed by atoms with E-state index in [1.54, 1.807) is 19.1 Å². The molecular weight excluding hydrogens is 460 g/mol. The van der Waals surface area contributed by atoms with Gasteiger partial charge >= 0.3 is 0 Å². The van der Waals surface area contributed by atoms with E-state index in [2.05, 4.69) is 19.2 Å². The molecule has 0 aliphatic rings. The van der Waals surface area contributed by atoms with Gasteiger partial charge in [-0.2, -0.15) is 0 Å². The normalized spacial score (nSPS) is 11.8. The molecule has 3 aromatic rings. The second-order valence-corrected chi connectivity index (χ2v) is 9.66. The van der Waals surface area contributed by atoms with E-state index in [9.17, 15) is 9.59 Å². The summed E-state index contributed by atoms with van der Waals surface area (Å²) in [6.45, 7) is 5.25. The van der Waals surface area contributed by atoms with Gasteiger partial charge in [-0.25, -0.2) is 0 Å². The Morgan fingerprint density at radius 1 is 0.971 bits per heavy atom. The number of ether oxygens (including phenoxy) is 2. The molecule has 0 unspecified atom stereocenters. The average molecular weight is 495 g/mol. The summed E-state index contributed by atoms with van der Waals surface area (Å²) in [4.78, 5) is 29.6. The Balaban J connectivity index is 1.88. The van der Waals surface area contributed by atoms with Crippen LogP contribution < -0.4 is 10.1 Å². The van der Waals surface area contributed by atoms with Gasteiger partial charge in [-0.1, -0.05) is 56.3 Å². The van der Waals surface area contributed by atoms with Crippen molar-refractivity contribution in [3.63, 3.8) is 0 Å². The number of hydrogen-bond acceptors (Lipinski definition) is 5. The summed E-state index contributed by atoms with van der Waals surface area (Å²) in [5.41, 5.74) is 2.90. The maximum atomic E-state index is 13.6. The van der Waals surface area contributed by atoms with Crippen molar-refractivity contribution in [3.8, 4) is 5.75 Å². The molecule has 0 spiro atoms. The van der Waals surface area contributed by atoms with Crippen molar-refractivity contribution in [2.24, 2.45) is 0 Å². The number of nitrogens with one attached hydrogen (secondary N) is 1. The van der Waals surface area contributed by atoms with E-state index >= 15 is 0 Å². The van der Waals surface area contributed by atoms with Crippen molar-refractivity contribution < 1.29 is 19.1 Å². The maximum absolute atomic E-state index is 13.6. The van der Waals surface area contributed by atoms with Crippen LogP contribution >= 0.6 is 11.3 Å². The minimum absolute atomic E-state index is 0.109. The monoisotopic (exact) mass is 494 g/mol. The molecule has 3 rings (SSSR count). The van der Waals surface area contributed by atoms with Gasteiger partial charge in [-0.3, -0.25) is 9.59 Å². The molecule has 7 heteroatoms. The molecule has 0 saturated heterocycles. The highest BCUT2D eigenvalue weighted by molar-refractivity contribution is 7.10. The first-order valence-electron chi connectivity index (χ1n) is 11.7. The number of carbonyl (C=O) groups is 2. The minimum Gasteiger partial charge on any atom is -0.497 e. The SMILES string of the molecule is COCCN(C(=O)Cc1cccs1)[C@@H](C(=O)NCc1ccc(OC)cc1)c1ccc(C(C)C)cc1. The first-order valence-corrected chi connectivity index (χ1v) is 12.6. The fourth-order valence-corrected chi connectivity index (χ4v) is 4.51. The number of amides is 2. The van der Waals surface area contributed by atoms with Crippen LogP contribution in [0, 0.1) is 0 Å². The fourth-order valence-electron chi connectivity index (χ4n) is 3.82. The third-order valence-electron chi connectivity index (χ3n) is 5.87. The predicted octanol–water partition coefficient (Wildman–Crippen LogP) is 4.96. The van der Waals surface area contributed by atoms with Crippen molar-refractivity contribution in [1.82, 2.24) is 10.2 Å². The first-order chi connectivity index (χ1) is 16.9. The molecule has 0 fully saturated rings. The molecule has 0 saturated carbocycles. The number of benzene rings is 2. The minimum atomic E-state index is -0.767. The molecule has 1 aromatic heterocycles. The average Bonchev–Trinajstić information content (AvgIpc) is 3.38. The van der Waals surface area contributed by atoms with Crippen molar-refractivity contribution >= 4 is 23.2 Å². The van der Waals surface area contributed by atoms with Crippen molar-refractivity contribution in [3.05, 3.63) is 87.6 Å². The van der Waals surface area contributed by atoms with Crippen LogP contribution in [0.4, 0.5) is 0 Å². The molecule has 0 aliphatic carbocycles. The van der Waals surface area contributed by atoms with Gasteiger partial charge in [-0.15, -0.1) is 11.3 Å². The molecule has 1 N–H and O–H groups in total. The number of thiophene rings is 1. The van der Waals surface area contributed by atoms with E-state index in [1.807, 2.05) is 66.0 Å². The van der Waals surface area contributed by atoms with Crippen LogP contribution in [-0.2, 0) is 27.3 Å². The van der Waals surface area contributed by atoms with E-state index in [-0.39, 0.29) is 18.2 Å². The third kappa shape index (κ3) is 7.41. The van der Waals surface area contributed by atoms with Gasteiger partial charge in [0.1, 0.15) is 11.8 Å². The first kappa shape index (κ1) is 26.4. The zero-order valence-corrected chi connectivity index (χ0v) is 21.6. The summed E-state index contributed by atoms with van der Waals surface area (Å²) in [6, 6.07) is 18.6. The summed E-state index contributed by atoms with van der Waals surface area (Å²) < 4.78 is 10.5. The summed E-state index contributed by atoms with van der Waals surface area (Å²) in [5, 5.41) is 4.98. The van der Waals surface area contributed by atoms with E-state index in [0.29, 0.717) is 25.6 Å². The van der Waals surface area contributed by atoms with E-state index in [1.165, 1.54) is 16.9 Å². The molecule has 2 amide bonds. The Morgan fingerprint density at radius 2 is 1.66 bits per heavy atom. The zero-order chi connectivity index (χ0) is 25.2. The Bertz CT molecular complexity index is 1060. The highest BCUT2D eigenvalue weighted by Crippen LogP contribution is 2.26. The number of hydrogen-bond donors (Lipinski definition) is 1. The van der Waals surface area contributed by atoms with Gasteiger partial charge < -0.3 is 19.7 Å². The fraction of sp³-hybridized carbons (Fsp3) is 0.357. The van der Waals surface area contributed by atoms with Gasteiger partial charge in [0, 0.05) is 25.1 Å². The smallest absolute Gasteiger partial charge is 0.247 e. The molecule has 0 radical (unpaired) electrons. The summed E-state index contributed by atoms with van der Waals surface area (Å²) in [6.07, 6.45) is 0.244.